The number of benzene rings is 2. The highest BCUT2D eigenvalue weighted by atomic mass is 16.5. The van der Waals surface area contributed by atoms with E-state index in [9.17, 15) is 4.79 Å². The van der Waals surface area contributed by atoms with Crippen molar-refractivity contribution >= 4 is 5.97 Å². The molecule has 23 heavy (non-hydrogen) atoms. The number of carbonyl (C=O) groups is 1. The number of hydrogen-bond acceptors (Lipinski definition) is 4. The number of aliphatic carboxylic acids is 1. The third-order valence-electron chi connectivity index (χ3n) is 3.27. The number of hydrogen-bond donors (Lipinski definition) is 2. The first-order valence-corrected chi connectivity index (χ1v) is 7.29. The van der Waals surface area contributed by atoms with Gasteiger partial charge in [0.1, 0.15) is 12.4 Å². The monoisotopic (exact) mass is 310 g/mol. The van der Waals surface area contributed by atoms with Gasteiger partial charge in [-0.25, -0.2) is 0 Å². The van der Waals surface area contributed by atoms with E-state index in [0.717, 1.165) is 5.56 Å². The average Bonchev–Trinajstić information content (AvgIpc) is 2.58. The minimum absolute atomic E-state index is 0.0369. The molecule has 0 spiro atoms. The summed E-state index contributed by atoms with van der Waals surface area (Å²) < 4.78 is 5.62. The zero-order chi connectivity index (χ0) is 16.5. The molecule has 0 aromatic heterocycles. The number of carboxylic acid groups (broad SMARTS) is 1. The van der Waals surface area contributed by atoms with Crippen LogP contribution in [-0.2, 0) is 11.3 Å². The Morgan fingerprint density at radius 2 is 2.00 bits per heavy atom. The first-order chi connectivity index (χ1) is 11.2. The molecular formula is C18H18N2O3. The van der Waals surface area contributed by atoms with Crippen LogP contribution in [0.15, 0.2) is 54.6 Å². The fourth-order valence-corrected chi connectivity index (χ4v) is 2.11. The maximum Gasteiger partial charge on any atom is 0.305 e. The molecule has 0 radical (unpaired) electrons. The van der Waals surface area contributed by atoms with E-state index in [4.69, 9.17) is 15.1 Å². The van der Waals surface area contributed by atoms with Crippen LogP contribution in [0.5, 0.6) is 5.75 Å². The predicted molar refractivity (Wildman–Crippen MR) is 86.0 cm³/mol. The third kappa shape index (κ3) is 5.81. The lowest BCUT2D eigenvalue weighted by molar-refractivity contribution is -0.137. The SMILES string of the molecule is N#Cc1cccc(OC[C@@H](CC(=O)O)NCc2ccccc2)c1. The molecule has 0 aliphatic carbocycles. The number of nitrogens with one attached hydrogen (secondary N) is 1. The van der Waals surface area contributed by atoms with Gasteiger partial charge in [-0.2, -0.15) is 5.26 Å². The van der Waals surface area contributed by atoms with Crippen LogP contribution in [-0.4, -0.2) is 23.7 Å². The van der Waals surface area contributed by atoms with Gasteiger partial charge in [0.2, 0.25) is 0 Å². The van der Waals surface area contributed by atoms with E-state index < -0.39 is 5.97 Å². The van der Waals surface area contributed by atoms with Gasteiger partial charge in [0, 0.05) is 6.54 Å². The lowest BCUT2D eigenvalue weighted by Gasteiger charge is -2.18. The molecule has 0 saturated heterocycles. The lowest BCUT2D eigenvalue weighted by Crippen LogP contribution is -2.36. The zero-order valence-electron chi connectivity index (χ0n) is 12.6. The first kappa shape index (κ1) is 16.5. The second-order valence-electron chi connectivity index (χ2n) is 5.11. The first-order valence-electron chi connectivity index (χ1n) is 7.29. The molecule has 1 atom stereocenters. The van der Waals surface area contributed by atoms with Crippen LogP contribution >= 0.6 is 0 Å². The summed E-state index contributed by atoms with van der Waals surface area (Å²) in [6, 6.07) is 18.3. The van der Waals surface area contributed by atoms with E-state index in [1.807, 2.05) is 36.4 Å². The lowest BCUT2D eigenvalue weighted by atomic mass is 10.2. The van der Waals surface area contributed by atoms with E-state index >= 15 is 0 Å². The zero-order valence-corrected chi connectivity index (χ0v) is 12.6. The second kappa shape index (κ2) is 8.57. The highest BCUT2D eigenvalue weighted by Gasteiger charge is 2.14. The van der Waals surface area contributed by atoms with Gasteiger partial charge in [-0.3, -0.25) is 4.79 Å². The van der Waals surface area contributed by atoms with Crippen LogP contribution in [0.25, 0.3) is 0 Å². The second-order valence-corrected chi connectivity index (χ2v) is 5.11. The Labute approximate surface area is 135 Å². The van der Waals surface area contributed by atoms with Crippen LogP contribution < -0.4 is 10.1 Å². The normalized spacial score (nSPS) is 11.4. The van der Waals surface area contributed by atoms with Crippen molar-refractivity contribution in [3.8, 4) is 11.8 Å². The van der Waals surface area contributed by atoms with Crippen molar-refractivity contribution in [3.05, 3.63) is 65.7 Å². The summed E-state index contributed by atoms with van der Waals surface area (Å²) in [5, 5.41) is 21.1. The summed E-state index contributed by atoms with van der Waals surface area (Å²) in [5.41, 5.74) is 1.59. The van der Waals surface area contributed by atoms with Gasteiger partial charge in [0.05, 0.1) is 24.1 Å². The molecule has 0 amide bonds. The van der Waals surface area contributed by atoms with Gasteiger partial charge in [-0.05, 0) is 23.8 Å². The molecule has 0 bridgehead atoms. The highest BCUT2D eigenvalue weighted by molar-refractivity contribution is 5.67. The van der Waals surface area contributed by atoms with E-state index in [1.54, 1.807) is 24.3 Å². The topological polar surface area (TPSA) is 82.3 Å². The van der Waals surface area contributed by atoms with E-state index in [0.29, 0.717) is 17.9 Å². The molecule has 2 aromatic rings. The van der Waals surface area contributed by atoms with Crippen LogP contribution in [0.2, 0.25) is 0 Å². The fraction of sp³-hybridized carbons (Fsp3) is 0.222. The molecule has 0 heterocycles. The van der Waals surface area contributed by atoms with Crippen molar-refractivity contribution in [3.63, 3.8) is 0 Å². The standard InChI is InChI=1S/C18H18N2O3/c19-11-15-7-4-8-17(9-15)23-13-16(10-18(21)22)20-12-14-5-2-1-3-6-14/h1-9,16,20H,10,12-13H2,(H,21,22)/t16-/m1/s1. The van der Waals surface area contributed by atoms with Gasteiger partial charge >= 0.3 is 5.97 Å². The van der Waals surface area contributed by atoms with Crippen molar-refractivity contribution in [2.24, 2.45) is 0 Å². The Balaban J connectivity index is 1.92. The summed E-state index contributed by atoms with van der Waals surface area (Å²) in [7, 11) is 0. The van der Waals surface area contributed by atoms with E-state index in [1.165, 1.54) is 0 Å². The van der Waals surface area contributed by atoms with Crippen LogP contribution in [0, 0.1) is 11.3 Å². The summed E-state index contributed by atoms with van der Waals surface area (Å²) in [4.78, 5) is 11.0. The quantitative estimate of drug-likeness (QED) is 0.783. The van der Waals surface area contributed by atoms with E-state index in [2.05, 4.69) is 5.32 Å². The molecule has 0 aliphatic heterocycles. The van der Waals surface area contributed by atoms with Crippen LogP contribution in [0.1, 0.15) is 17.5 Å². The molecule has 0 saturated carbocycles. The third-order valence-corrected chi connectivity index (χ3v) is 3.27. The predicted octanol–water partition coefficient (Wildman–Crippen LogP) is 2.57. The summed E-state index contributed by atoms with van der Waals surface area (Å²) >= 11 is 0. The molecule has 5 nitrogen and oxygen atoms in total. The molecule has 2 N–H and O–H groups in total. The Morgan fingerprint density at radius 3 is 2.70 bits per heavy atom. The molecular weight excluding hydrogens is 292 g/mol. The average molecular weight is 310 g/mol. The Bertz CT molecular complexity index is 680. The van der Waals surface area contributed by atoms with Crippen molar-refractivity contribution in [1.29, 1.82) is 5.26 Å². The minimum Gasteiger partial charge on any atom is -0.492 e. The largest absolute Gasteiger partial charge is 0.492 e. The summed E-state index contributed by atoms with van der Waals surface area (Å²) in [6.07, 6.45) is -0.0369. The molecule has 5 heteroatoms. The molecule has 0 aliphatic rings. The Kier molecular flexibility index (Phi) is 6.16. The van der Waals surface area contributed by atoms with Crippen molar-refractivity contribution in [2.45, 2.75) is 19.0 Å². The maximum atomic E-state index is 11.0. The summed E-state index contributed by atoms with van der Waals surface area (Å²) in [6.45, 7) is 0.786. The van der Waals surface area contributed by atoms with Crippen LogP contribution in [0.3, 0.4) is 0 Å². The molecule has 2 rings (SSSR count). The summed E-state index contributed by atoms with van der Waals surface area (Å²) in [5.74, 6) is -0.328. The number of rotatable bonds is 8. The number of carboxylic acids is 1. The van der Waals surface area contributed by atoms with Crippen molar-refractivity contribution in [1.82, 2.24) is 5.32 Å². The number of ether oxygens (including phenoxy) is 1. The van der Waals surface area contributed by atoms with Gasteiger partial charge in [-0.1, -0.05) is 36.4 Å². The highest BCUT2D eigenvalue weighted by Crippen LogP contribution is 2.13. The minimum atomic E-state index is -0.884. The Hall–Kier alpha value is -2.84. The van der Waals surface area contributed by atoms with Gasteiger partial charge in [-0.15, -0.1) is 0 Å². The molecule has 2 aromatic carbocycles. The van der Waals surface area contributed by atoms with Crippen LogP contribution in [0.4, 0.5) is 0 Å². The van der Waals surface area contributed by atoms with E-state index in [-0.39, 0.29) is 19.1 Å². The molecule has 0 unspecified atom stereocenters. The number of nitrogens with zero attached hydrogens (tertiary/aromatic N) is 1. The smallest absolute Gasteiger partial charge is 0.305 e. The van der Waals surface area contributed by atoms with Crippen molar-refractivity contribution < 1.29 is 14.6 Å². The molecule has 0 fully saturated rings. The number of nitriles is 1. The van der Waals surface area contributed by atoms with Gasteiger partial charge in [0.25, 0.3) is 0 Å². The van der Waals surface area contributed by atoms with Crippen molar-refractivity contribution in [2.75, 3.05) is 6.61 Å². The molecule has 118 valence electrons. The Morgan fingerprint density at radius 1 is 1.22 bits per heavy atom. The maximum absolute atomic E-state index is 11.0. The van der Waals surface area contributed by atoms with Gasteiger partial charge in [0.15, 0.2) is 0 Å². The van der Waals surface area contributed by atoms with Gasteiger partial charge < -0.3 is 15.2 Å². The fourth-order valence-electron chi connectivity index (χ4n) is 2.11.